The Hall–Kier alpha value is -2.59. The molecule has 1 heterocycles. The molecule has 0 spiro atoms. The molecule has 3 rings (SSSR count). The summed E-state index contributed by atoms with van der Waals surface area (Å²) >= 11 is 0. The lowest BCUT2D eigenvalue weighted by Crippen LogP contribution is -2.51. The Kier molecular flexibility index (Phi) is 8.96. The van der Waals surface area contributed by atoms with Gasteiger partial charge in [-0.2, -0.15) is 4.72 Å². The van der Waals surface area contributed by atoms with Gasteiger partial charge in [0.15, 0.2) is 5.78 Å². The van der Waals surface area contributed by atoms with E-state index in [2.05, 4.69) is 15.4 Å². The van der Waals surface area contributed by atoms with Gasteiger partial charge in [-0.25, -0.2) is 8.42 Å². The topological polar surface area (TPSA) is 130 Å². The summed E-state index contributed by atoms with van der Waals surface area (Å²) in [6.45, 7) is 4.94. The third-order valence-electron chi connectivity index (χ3n) is 5.90. The zero-order valence-corrected chi connectivity index (χ0v) is 20.5. The van der Waals surface area contributed by atoms with E-state index in [1.54, 1.807) is 30.3 Å². The molecule has 0 aromatic heterocycles. The van der Waals surface area contributed by atoms with E-state index in [-0.39, 0.29) is 29.1 Å². The molecule has 5 N–H and O–H groups in total. The number of hydrogen-bond donors (Lipinski definition) is 4. The Bertz CT molecular complexity index is 1070. The average molecular weight is 487 g/mol. The second kappa shape index (κ2) is 11.7. The predicted octanol–water partition coefficient (Wildman–Crippen LogP) is 2.02. The fourth-order valence-corrected chi connectivity index (χ4v) is 5.30. The van der Waals surface area contributed by atoms with Crippen LogP contribution in [0.2, 0.25) is 0 Å². The summed E-state index contributed by atoms with van der Waals surface area (Å²) in [6, 6.07) is 12.9. The quantitative estimate of drug-likeness (QED) is 0.384. The Balaban J connectivity index is 1.86. The molecule has 2 aromatic carbocycles. The molecule has 1 unspecified atom stereocenters. The van der Waals surface area contributed by atoms with Crippen molar-refractivity contribution >= 4 is 21.7 Å². The highest BCUT2D eigenvalue weighted by Gasteiger charge is 2.34. The SMILES string of the molecule is CC(C)C[C@@H](NS(=O)(=O)c1ccccc1)C(=O)NC(C(=O)[C@@H]1CCCN1)c1ccc(CN)cc1. The van der Waals surface area contributed by atoms with Gasteiger partial charge >= 0.3 is 0 Å². The molecule has 0 saturated carbocycles. The van der Waals surface area contributed by atoms with Crippen molar-refractivity contribution in [3.05, 3.63) is 65.7 Å². The van der Waals surface area contributed by atoms with Gasteiger partial charge in [0, 0.05) is 6.54 Å². The van der Waals surface area contributed by atoms with E-state index in [0.717, 1.165) is 18.5 Å². The van der Waals surface area contributed by atoms with Gasteiger partial charge in [-0.3, -0.25) is 9.59 Å². The van der Waals surface area contributed by atoms with E-state index in [4.69, 9.17) is 5.73 Å². The smallest absolute Gasteiger partial charge is 0.241 e. The van der Waals surface area contributed by atoms with E-state index in [0.29, 0.717) is 18.5 Å². The number of benzene rings is 2. The highest BCUT2D eigenvalue weighted by Crippen LogP contribution is 2.21. The minimum Gasteiger partial charge on any atom is -0.341 e. The summed E-state index contributed by atoms with van der Waals surface area (Å²) < 4.78 is 28.4. The van der Waals surface area contributed by atoms with E-state index in [9.17, 15) is 18.0 Å². The van der Waals surface area contributed by atoms with Gasteiger partial charge in [-0.05, 0) is 55.0 Å². The molecular formula is C25H34N4O4S. The molecule has 2 aromatic rings. The normalized spacial score (nSPS) is 17.9. The molecule has 8 nitrogen and oxygen atoms in total. The number of sulfonamides is 1. The molecule has 1 fully saturated rings. The van der Waals surface area contributed by atoms with Crippen LogP contribution in [0, 0.1) is 5.92 Å². The number of carbonyl (C=O) groups excluding carboxylic acids is 2. The molecular weight excluding hydrogens is 452 g/mol. The van der Waals surface area contributed by atoms with Crippen LogP contribution in [0.25, 0.3) is 0 Å². The molecule has 1 aliphatic rings. The third-order valence-corrected chi connectivity index (χ3v) is 7.39. The maximum Gasteiger partial charge on any atom is 0.241 e. The van der Waals surface area contributed by atoms with Gasteiger partial charge in [0.05, 0.1) is 10.9 Å². The van der Waals surface area contributed by atoms with Gasteiger partial charge in [0.25, 0.3) is 0 Å². The monoisotopic (exact) mass is 486 g/mol. The zero-order chi connectivity index (χ0) is 24.7. The summed E-state index contributed by atoms with van der Waals surface area (Å²) in [5, 5.41) is 6.03. The first kappa shape index (κ1) is 26.0. The van der Waals surface area contributed by atoms with Crippen LogP contribution in [0.15, 0.2) is 59.5 Å². The summed E-state index contributed by atoms with van der Waals surface area (Å²) in [5.74, 6) is -0.628. The maximum atomic E-state index is 13.4. The van der Waals surface area contributed by atoms with Crippen LogP contribution in [-0.4, -0.2) is 38.7 Å². The summed E-state index contributed by atoms with van der Waals surface area (Å²) in [4.78, 5) is 26.8. The maximum absolute atomic E-state index is 13.4. The molecule has 1 aliphatic heterocycles. The lowest BCUT2D eigenvalue weighted by Gasteiger charge is -2.26. The van der Waals surface area contributed by atoms with E-state index >= 15 is 0 Å². The van der Waals surface area contributed by atoms with Crippen molar-refractivity contribution in [3.63, 3.8) is 0 Å². The van der Waals surface area contributed by atoms with Crippen LogP contribution < -0.4 is 21.1 Å². The number of hydrogen-bond acceptors (Lipinski definition) is 6. The number of nitrogens with two attached hydrogens (primary N) is 1. The fraction of sp³-hybridized carbons (Fsp3) is 0.440. The second-order valence-electron chi connectivity index (χ2n) is 9.06. The van der Waals surface area contributed by atoms with Crippen molar-refractivity contribution in [2.45, 2.75) is 62.7 Å². The fourth-order valence-electron chi connectivity index (χ4n) is 4.07. The average Bonchev–Trinajstić information content (AvgIpc) is 3.37. The Morgan fingerprint density at radius 2 is 1.76 bits per heavy atom. The number of carbonyl (C=O) groups is 2. The van der Waals surface area contributed by atoms with Crippen molar-refractivity contribution in [1.82, 2.24) is 15.4 Å². The molecule has 0 aliphatic carbocycles. The number of Topliss-reactive ketones (excluding diaryl/α,β-unsaturated/α-hetero) is 1. The van der Waals surface area contributed by atoms with Crippen molar-refractivity contribution in [3.8, 4) is 0 Å². The van der Waals surface area contributed by atoms with Gasteiger partial charge in [0.1, 0.15) is 12.1 Å². The third kappa shape index (κ3) is 6.73. The second-order valence-corrected chi connectivity index (χ2v) is 10.8. The van der Waals surface area contributed by atoms with Crippen molar-refractivity contribution in [1.29, 1.82) is 0 Å². The highest BCUT2D eigenvalue weighted by molar-refractivity contribution is 7.89. The van der Waals surface area contributed by atoms with Crippen molar-refractivity contribution in [2.24, 2.45) is 11.7 Å². The summed E-state index contributed by atoms with van der Waals surface area (Å²) in [6.07, 6.45) is 1.87. The van der Waals surface area contributed by atoms with E-state index < -0.39 is 28.0 Å². The van der Waals surface area contributed by atoms with E-state index in [1.807, 2.05) is 26.0 Å². The van der Waals surface area contributed by atoms with Crippen LogP contribution >= 0.6 is 0 Å². The molecule has 184 valence electrons. The molecule has 0 bridgehead atoms. The largest absolute Gasteiger partial charge is 0.341 e. The van der Waals surface area contributed by atoms with Gasteiger partial charge < -0.3 is 16.4 Å². The number of rotatable bonds is 11. The minimum absolute atomic E-state index is 0.0451. The van der Waals surface area contributed by atoms with Crippen LogP contribution in [0.5, 0.6) is 0 Å². The standard InChI is InChI=1S/C25H34N4O4S/c1-17(2)15-22(29-34(32,33)20-7-4-3-5-8-20)25(31)28-23(24(30)21-9-6-14-27-21)19-12-10-18(16-26)11-13-19/h3-5,7-8,10-13,17,21-23,27,29H,6,9,14-16,26H2,1-2H3,(H,28,31)/t21-,22+,23?/m0/s1. The zero-order valence-electron chi connectivity index (χ0n) is 19.7. The number of nitrogens with one attached hydrogen (secondary N) is 3. The first-order valence-electron chi connectivity index (χ1n) is 11.6. The van der Waals surface area contributed by atoms with Crippen molar-refractivity contribution < 1.29 is 18.0 Å². The Morgan fingerprint density at radius 1 is 1.09 bits per heavy atom. The lowest BCUT2D eigenvalue weighted by molar-refractivity contribution is -0.130. The number of ketones is 1. The highest BCUT2D eigenvalue weighted by atomic mass is 32.2. The molecule has 1 saturated heterocycles. The Labute approximate surface area is 201 Å². The summed E-state index contributed by atoms with van der Waals surface area (Å²) in [7, 11) is -3.92. The molecule has 0 radical (unpaired) electrons. The molecule has 1 amide bonds. The van der Waals surface area contributed by atoms with Crippen LogP contribution in [0.4, 0.5) is 0 Å². The van der Waals surface area contributed by atoms with Crippen LogP contribution in [0.1, 0.15) is 50.3 Å². The molecule has 34 heavy (non-hydrogen) atoms. The number of amides is 1. The van der Waals surface area contributed by atoms with E-state index in [1.165, 1.54) is 12.1 Å². The predicted molar refractivity (Wildman–Crippen MR) is 131 cm³/mol. The molecule has 3 atom stereocenters. The van der Waals surface area contributed by atoms with Crippen molar-refractivity contribution in [2.75, 3.05) is 6.54 Å². The first-order chi connectivity index (χ1) is 16.2. The van der Waals surface area contributed by atoms with Gasteiger partial charge in [-0.1, -0.05) is 56.3 Å². The summed E-state index contributed by atoms with van der Waals surface area (Å²) in [5.41, 5.74) is 7.25. The Morgan fingerprint density at radius 3 is 2.32 bits per heavy atom. The van der Waals surface area contributed by atoms with Crippen LogP contribution in [-0.2, 0) is 26.2 Å². The molecule has 9 heteroatoms. The minimum atomic E-state index is -3.92. The van der Waals surface area contributed by atoms with Gasteiger partial charge in [-0.15, -0.1) is 0 Å². The lowest BCUT2D eigenvalue weighted by atomic mass is 9.95. The first-order valence-corrected chi connectivity index (χ1v) is 13.1. The van der Waals surface area contributed by atoms with Crippen LogP contribution in [0.3, 0.4) is 0 Å². The van der Waals surface area contributed by atoms with Gasteiger partial charge in [0.2, 0.25) is 15.9 Å².